The highest BCUT2D eigenvalue weighted by atomic mass is 16.5. The van der Waals surface area contributed by atoms with E-state index in [9.17, 15) is 4.79 Å². The van der Waals surface area contributed by atoms with Gasteiger partial charge in [-0.1, -0.05) is 38.3 Å². The molecule has 4 heteroatoms. The van der Waals surface area contributed by atoms with Crippen LogP contribution in [-0.4, -0.2) is 25.2 Å². The van der Waals surface area contributed by atoms with Crippen molar-refractivity contribution in [3.05, 3.63) is 24.3 Å². The second-order valence-electron chi connectivity index (χ2n) is 5.33. The van der Waals surface area contributed by atoms with Gasteiger partial charge in [0.05, 0.1) is 19.4 Å². The molecule has 1 aromatic carbocycles. The fraction of sp³-hybridized carbons (Fsp3) is 0.588. The molecule has 1 aromatic rings. The maximum Gasteiger partial charge on any atom is 0.331 e. The molecule has 0 heterocycles. The Hall–Kier alpha value is -1.71. The zero-order chi connectivity index (χ0) is 15.7. The highest BCUT2D eigenvalue weighted by molar-refractivity contribution is 5.84. The largest absolute Gasteiger partial charge is 0.495 e. The molecule has 0 saturated carbocycles. The number of esters is 1. The fourth-order valence-electron chi connectivity index (χ4n) is 2.28. The van der Waals surface area contributed by atoms with Gasteiger partial charge in [0, 0.05) is 0 Å². The van der Waals surface area contributed by atoms with Crippen molar-refractivity contribution in [3.8, 4) is 5.75 Å². The smallest absolute Gasteiger partial charge is 0.331 e. The first-order valence-corrected chi connectivity index (χ1v) is 7.65. The Morgan fingerprint density at radius 1 is 1.24 bits per heavy atom. The summed E-state index contributed by atoms with van der Waals surface area (Å²) in [5.74, 6) is 0.510. The molecular weight excluding hydrogens is 266 g/mol. The highest BCUT2D eigenvalue weighted by Crippen LogP contribution is 2.29. The summed E-state index contributed by atoms with van der Waals surface area (Å²) in [5, 5.41) is 3.32. The molecule has 0 bridgehead atoms. The SMILES string of the molecule is CCCCCC(C)(Nc1ccccc1OC)C(=O)OCC. The predicted molar refractivity (Wildman–Crippen MR) is 85.8 cm³/mol. The van der Waals surface area contributed by atoms with Crippen LogP contribution in [0.3, 0.4) is 0 Å². The van der Waals surface area contributed by atoms with E-state index < -0.39 is 5.54 Å². The van der Waals surface area contributed by atoms with Crippen LogP contribution in [0.25, 0.3) is 0 Å². The Labute approximate surface area is 127 Å². The topological polar surface area (TPSA) is 47.6 Å². The molecule has 0 aromatic heterocycles. The lowest BCUT2D eigenvalue weighted by atomic mass is 9.93. The lowest BCUT2D eigenvalue weighted by Gasteiger charge is -2.30. The van der Waals surface area contributed by atoms with Gasteiger partial charge in [0.2, 0.25) is 0 Å². The van der Waals surface area contributed by atoms with E-state index in [1.54, 1.807) is 7.11 Å². The molecule has 0 aliphatic carbocycles. The number of rotatable bonds is 9. The number of anilines is 1. The van der Waals surface area contributed by atoms with Gasteiger partial charge in [0.25, 0.3) is 0 Å². The molecule has 0 spiro atoms. The van der Waals surface area contributed by atoms with E-state index in [2.05, 4.69) is 12.2 Å². The molecule has 1 N–H and O–H groups in total. The summed E-state index contributed by atoms with van der Waals surface area (Å²) in [5.41, 5.74) is 0.0758. The van der Waals surface area contributed by atoms with Crippen LogP contribution < -0.4 is 10.1 Å². The van der Waals surface area contributed by atoms with Crippen LogP contribution >= 0.6 is 0 Å². The molecule has 21 heavy (non-hydrogen) atoms. The Kier molecular flexibility index (Phi) is 7.06. The summed E-state index contributed by atoms with van der Waals surface area (Å²) in [6, 6.07) is 7.61. The van der Waals surface area contributed by atoms with E-state index in [4.69, 9.17) is 9.47 Å². The minimum atomic E-state index is -0.736. The van der Waals surface area contributed by atoms with Gasteiger partial charge >= 0.3 is 5.97 Å². The van der Waals surface area contributed by atoms with Crippen molar-refractivity contribution in [2.45, 2.75) is 52.0 Å². The van der Waals surface area contributed by atoms with Crippen molar-refractivity contribution >= 4 is 11.7 Å². The van der Waals surface area contributed by atoms with Crippen molar-refractivity contribution in [2.75, 3.05) is 19.0 Å². The van der Waals surface area contributed by atoms with Crippen molar-refractivity contribution < 1.29 is 14.3 Å². The molecule has 0 radical (unpaired) electrons. The van der Waals surface area contributed by atoms with E-state index in [0.717, 1.165) is 37.1 Å². The molecule has 118 valence electrons. The highest BCUT2D eigenvalue weighted by Gasteiger charge is 2.34. The van der Waals surface area contributed by atoms with Crippen molar-refractivity contribution in [1.29, 1.82) is 0 Å². The number of carbonyl (C=O) groups excluding carboxylic acids is 1. The van der Waals surface area contributed by atoms with E-state index >= 15 is 0 Å². The summed E-state index contributed by atoms with van der Waals surface area (Å²) in [6.45, 7) is 6.26. The van der Waals surface area contributed by atoms with Crippen LogP contribution in [0.1, 0.15) is 46.5 Å². The number of ether oxygens (including phenoxy) is 2. The predicted octanol–water partition coefficient (Wildman–Crippen LogP) is 4.01. The average Bonchev–Trinajstić information content (AvgIpc) is 2.48. The molecule has 4 nitrogen and oxygen atoms in total. The number of hydrogen-bond acceptors (Lipinski definition) is 4. The monoisotopic (exact) mass is 293 g/mol. The fourth-order valence-corrected chi connectivity index (χ4v) is 2.28. The molecule has 0 aliphatic heterocycles. The van der Waals surface area contributed by atoms with Crippen LogP contribution in [0, 0.1) is 0 Å². The summed E-state index contributed by atoms with van der Waals surface area (Å²) in [4.78, 5) is 12.3. The molecule has 1 unspecified atom stereocenters. The summed E-state index contributed by atoms with van der Waals surface area (Å²) in [6.07, 6.45) is 3.93. The van der Waals surface area contributed by atoms with E-state index in [1.807, 2.05) is 38.1 Å². The zero-order valence-electron chi connectivity index (χ0n) is 13.6. The lowest BCUT2D eigenvalue weighted by Crippen LogP contribution is -2.44. The Bertz CT molecular complexity index is 447. The van der Waals surface area contributed by atoms with Gasteiger partial charge in [-0.3, -0.25) is 0 Å². The summed E-state index contributed by atoms with van der Waals surface area (Å²) in [7, 11) is 1.62. The standard InChI is InChI=1S/C17H27NO3/c1-5-7-10-13-17(3,16(19)21-6-2)18-14-11-8-9-12-15(14)20-4/h8-9,11-12,18H,5-7,10,13H2,1-4H3. The minimum Gasteiger partial charge on any atom is -0.495 e. The Morgan fingerprint density at radius 3 is 2.57 bits per heavy atom. The van der Waals surface area contributed by atoms with Crippen LogP contribution in [0.5, 0.6) is 5.75 Å². The number of para-hydroxylation sites is 2. The van der Waals surface area contributed by atoms with Crippen LogP contribution in [-0.2, 0) is 9.53 Å². The van der Waals surface area contributed by atoms with Gasteiger partial charge in [0.15, 0.2) is 0 Å². The quantitative estimate of drug-likeness (QED) is 0.552. The van der Waals surface area contributed by atoms with Gasteiger partial charge < -0.3 is 14.8 Å². The molecule has 1 rings (SSSR count). The van der Waals surface area contributed by atoms with Crippen LogP contribution in [0.2, 0.25) is 0 Å². The first-order valence-electron chi connectivity index (χ1n) is 7.65. The van der Waals surface area contributed by atoms with E-state index in [-0.39, 0.29) is 5.97 Å². The van der Waals surface area contributed by atoms with E-state index in [1.165, 1.54) is 0 Å². The molecule has 0 fully saturated rings. The van der Waals surface area contributed by atoms with Gasteiger partial charge in [0.1, 0.15) is 11.3 Å². The van der Waals surface area contributed by atoms with Gasteiger partial charge in [-0.05, 0) is 32.4 Å². The maximum atomic E-state index is 12.3. The maximum absolute atomic E-state index is 12.3. The third kappa shape index (κ3) is 4.96. The second kappa shape index (κ2) is 8.55. The number of hydrogen-bond donors (Lipinski definition) is 1. The lowest BCUT2D eigenvalue weighted by molar-refractivity contribution is -0.148. The van der Waals surface area contributed by atoms with Crippen molar-refractivity contribution in [2.24, 2.45) is 0 Å². The van der Waals surface area contributed by atoms with Crippen LogP contribution in [0.15, 0.2) is 24.3 Å². The summed E-state index contributed by atoms with van der Waals surface area (Å²) < 4.78 is 10.6. The average molecular weight is 293 g/mol. The third-order valence-electron chi connectivity index (χ3n) is 3.52. The first kappa shape index (κ1) is 17.3. The number of benzene rings is 1. The van der Waals surface area contributed by atoms with Crippen molar-refractivity contribution in [1.82, 2.24) is 0 Å². The number of unbranched alkanes of at least 4 members (excludes halogenated alkanes) is 2. The number of carbonyl (C=O) groups is 1. The first-order chi connectivity index (χ1) is 10.1. The van der Waals surface area contributed by atoms with E-state index in [0.29, 0.717) is 6.61 Å². The zero-order valence-corrected chi connectivity index (χ0v) is 13.6. The van der Waals surface area contributed by atoms with Crippen LogP contribution in [0.4, 0.5) is 5.69 Å². The minimum absolute atomic E-state index is 0.216. The Morgan fingerprint density at radius 2 is 1.95 bits per heavy atom. The molecule has 0 amide bonds. The normalized spacial score (nSPS) is 13.3. The van der Waals surface area contributed by atoms with Crippen molar-refractivity contribution in [3.63, 3.8) is 0 Å². The number of methoxy groups -OCH3 is 1. The summed E-state index contributed by atoms with van der Waals surface area (Å²) >= 11 is 0. The number of nitrogens with one attached hydrogen (secondary N) is 1. The molecule has 0 aliphatic rings. The molecule has 0 saturated heterocycles. The van der Waals surface area contributed by atoms with Gasteiger partial charge in [-0.25, -0.2) is 4.79 Å². The third-order valence-corrected chi connectivity index (χ3v) is 3.52. The van der Waals surface area contributed by atoms with Gasteiger partial charge in [-0.2, -0.15) is 0 Å². The van der Waals surface area contributed by atoms with Gasteiger partial charge in [-0.15, -0.1) is 0 Å². The second-order valence-corrected chi connectivity index (χ2v) is 5.33. The molecular formula is C17H27NO3. The molecule has 1 atom stereocenters. The Balaban J connectivity index is 2.92.